The first-order chi connectivity index (χ1) is 14.8. The minimum atomic E-state index is -0.237. The van der Waals surface area contributed by atoms with Crippen LogP contribution in [0, 0.1) is 19.8 Å². The summed E-state index contributed by atoms with van der Waals surface area (Å²) in [5.41, 5.74) is 6.14. The first-order valence-corrected chi connectivity index (χ1v) is 10.9. The van der Waals surface area contributed by atoms with E-state index in [2.05, 4.69) is 16.7 Å². The van der Waals surface area contributed by atoms with E-state index in [-0.39, 0.29) is 29.7 Å². The van der Waals surface area contributed by atoms with E-state index in [1.54, 1.807) is 4.90 Å². The lowest BCUT2D eigenvalue weighted by atomic mass is 9.94. The molecule has 1 fully saturated rings. The number of amides is 3. The number of anilines is 2. The van der Waals surface area contributed by atoms with Crippen LogP contribution in [0.25, 0.3) is 0 Å². The third-order valence-corrected chi connectivity index (χ3v) is 6.47. The van der Waals surface area contributed by atoms with E-state index >= 15 is 0 Å². The van der Waals surface area contributed by atoms with Gasteiger partial charge in [-0.15, -0.1) is 0 Å². The van der Waals surface area contributed by atoms with E-state index in [0.717, 1.165) is 28.1 Å². The largest absolute Gasteiger partial charge is 0.349 e. The zero-order chi connectivity index (χ0) is 22.1. The standard InChI is InChI=1S/C25H29N3O3/c1-15-4-8-21(12-16(15)2)28-14-20(7-11-24(28)30)25(31)26-17(3)18-5-9-22-19(13-18)6-10-23(29)27-22/h4-5,8-9,12-13,17,20H,6-7,10-11,14H2,1-3H3,(H,26,31)(H,27,29). The molecule has 2 aliphatic heterocycles. The van der Waals surface area contributed by atoms with Gasteiger partial charge < -0.3 is 15.5 Å². The number of hydrogen-bond acceptors (Lipinski definition) is 3. The summed E-state index contributed by atoms with van der Waals surface area (Å²) < 4.78 is 0. The number of nitrogens with one attached hydrogen (secondary N) is 2. The maximum absolute atomic E-state index is 13.0. The van der Waals surface area contributed by atoms with Gasteiger partial charge in [0.05, 0.1) is 12.0 Å². The average molecular weight is 420 g/mol. The molecule has 0 aromatic heterocycles. The fraction of sp³-hybridized carbons (Fsp3) is 0.400. The van der Waals surface area contributed by atoms with Crippen molar-refractivity contribution in [1.29, 1.82) is 0 Å². The van der Waals surface area contributed by atoms with Crippen LogP contribution in [-0.4, -0.2) is 24.3 Å². The number of piperidine rings is 1. The molecule has 2 aliphatic rings. The highest BCUT2D eigenvalue weighted by atomic mass is 16.2. The first kappa shape index (κ1) is 21.1. The Balaban J connectivity index is 1.43. The fourth-order valence-electron chi connectivity index (χ4n) is 4.29. The van der Waals surface area contributed by atoms with Gasteiger partial charge in [-0.25, -0.2) is 0 Å². The van der Waals surface area contributed by atoms with Crippen LogP contribution in [0.15, 0.2) is 36.4 Å². The summed E-state index contributed by atoms with van der Waals surface area (Å²) in [6.07, 6.45) is 2.14. The highest BCUT2D eigenvalue weighted by molar-refractivity contribution is 5.96. The van der Waals surface area contributed by atoms with Crippen molar-refractivity contribution in [3.05, 3.63) is 58.7 Å². The summed E-state index contributed by atoms with van der Waals surface area (Å²) in [7, 11) is 0. The van der Waals surface area contributed by atoms with E-state index in [0.29, 0.717) is 32.2 Å². The quantitative estimate of drug-likeness (QED) is 0.791. The van der Waals surface area contributed by atoms with Gasteiger partial charge in [-0.05, 0) is 74.1 Å². The molecule has 0 bridgehead atoms. The number of rotatable bonds is 4. The van der Waals surface area contributed by atoms with Crippen molar-refractivity contribution < 1.29 is 14.4 Å². The van der Waals surface area contributed by atoms with Gasteiger partial charge in [0, 0.05) is 30.8 Å². The second kappa shape index (κ2) is 8.53. The number of fused-ring (bicyclic) bond motifs is 1. The molecule has 2 aromatic carbocycles. The highest BCUT2D eigenvalue weighted by Gasteiger charge is 2.32. The Morgan fingerprint density at radius 2 is 1.87 bits per heavy atom. The Kier molecular flexibility index (Phi) is 5.81. The Hall–Kier alpha value is -3.15. The smallest absolute Gasteiger partial charge is 0.227 e. The molecule has 6 heteroatoms. The molecule has 0 radical (unpaired) electrons. The fourth-order valence-corrected chi connectivity index (χ4v) is 4.29. The van der Waals surface area contributed by atoms with Crippen molar-refractivity contribution >= 4 is 29.1 Å². The average Bonchev–Trinajstić information content (AvgIpc) is 2.75. The van der Waals surface area contributed by atoms with Crippen LogP contribution < -0.4 is 15.5 Å². The summed E-state index contributed by atoms with van der Waals surface area (Å²) >= 11 is 0. The first-order valence-electron chi connectivity index (χ1n) is 10.9. The third kappa shape index (κ3) is 4.48. The number of aryl methyl sites for hydroxylation is 3. The molecule has 3 amide bonds. The summed E-state index contributed by atoms with van der Waals surface area (Å²) in [6, 6.07) is 11.7. The van der Waals surface area contributed by atoms with Crippen molar-refractivity contribution in [3.63, 3.8) is 0 Å². The minimum Gasteiger partial charge on any atom is -0.349 e. The van der Waals surface area contributed by atoms with Crippen molar-refractivity contribution in [2.45, 2.75) is 52.5 Å². The molecule has 0 saturated carbocycles. The number of nitrogens with zero attached hydrogens (tertiary/aromatic N) is 1. The predicted octanol–water partition coefficient (Wildman–Crippen LogP) is 3.81. The highest BCUT2D eigenvalue weighted by Crippen LogP contribution is 2.28. The van der Waals surface area contributed by atoms with Gasteiger partial charge in [-0.2, -0.15) is 0 Å². The molecule has 2 aromatic rings. The second-order valence-electron chi connectivity index (χ2n) is 8.70. The molecule has 2 heterocycles. The van der Waals surface area contributed by atoms with Crippen molar-refractivity contribution in [2.24, 2.45) is 5.92 Å². The molecule has 6 nitrogen and oxygen atoms in total. The molecule has 4 rings (SSSR count). The number of carbonyl (C=O) groups is 3. The summed E-state index contributed by atoms with van der Waals surface area (Å²) in [4.78, 5) is 38.8. The van der Waals surface area contributed by atoms with Crippen LogP contribution >= 0.6 is 0 Å². The van der Waals surface area contributed by atoms with E-state index in [1.807, 2.05) is 51.1 Å². The van der Waals surface area contributed by atoms with Crippen LogP contribution in [-0.2, 0) is 20.8 Å². The molecule has 2 N–H and O–H groups in total. The maximum Gasteiger partial charge on any atom is 0.227 e. The molecule has 0 spiro atoms. The lowest BCUT2D eigenvalue weighted by Crippen LogP contribution is -2.46. The third-order valence-electron chi connectivity index (χ3n) is 6.47. The lowest BCUT2D eigenvalue weighted by molar-refractivity contribution is -0.128. The van der Waals surface area contributed by atoms with Gasteiger partial charge >= 0.3 is 0 Å². The Morgan fingerprint density at radius 1 is 1.06 bits per heavy atom. The molecule has 31 heavy (non-hydrogen) atoms. The summed E-state index contributed by atoms with van der Waals surface area (Å²) in [5.74, 6) is -0.155. The Bertz CT molecular complexity index is 1050. The maximum atomic E-state index is 13.0. The molecular formula is C25H29N3O3. The van der Waals surface area contributed by atoms with Crippen molar-refractivity contribution in [3.8, 4) is 0 Å². The van der Waals surface area contributed by atoms with E-state index in [4.69, 9.17) is 0 Å². The molecule has 2 atom stereocenters. The van der Waals surface area contributed by atoms with Gasteiger partial charge in [0.2, 0.25) is 17.7 Å². The minimum absolute atomic E-state index is 0.0279. The van der Waals surface area contributed by atoms with Gasteiger partial charge in [0.15, 0.2) is 0 Å². The van der Waals surface area contributed by atoms with Gasteiger partial charge in [0.1, 0.15) is 0 Å². The number of hydrogen-bond donors (Lipinski definition) is 2. The second-order valence-corrected chi connectivity index (χ2v) is 8.70. The zero-order valence-corrected chi connectivity index (χ0v) is 18.3. The lowest BCUT2D eigenvalue weighted by Gasteiger charge is -2.33. The SMILES string of the molecule is Cc1ccc(N2CC(C(=O)NC(C)c3ccc4c(c3)CCC(=O)N4)CCC2=O)cc1C. The molecule has 1 saturated heterocycles. The van der Waals surface area contributed by atoms with Crippen molar-refractivity contribution in [2.75, 3.05) is 16.8 Å². The normalized spacial score (nSPS) is 19.5. The number of benzene rings is 2. The van der Waals surface area contributed by atoms with Gasteiger partial charge in [0.25, 0.3) is 0 Å². The van der Waals surface area contributed by atoms with Gasteiger partial charge in [-0.1, -0.05) is 18.2 Å². The molecule has 2 unspecified atom stereocenters. The number of carbonyl (C=O) groups excluding carboxylic acids is 3. The van der Waals surface area contributed by atoms with Gasteiger partial charge in [-0.3, -0.25) is 14.4 Å². The molecule has 162 valence electrons. The van der Waals surface area contributed by atoms with E-state index < -0.39 is 0 Å². The summed E-state index contributed by atoms with van der Waals surface area (Å²) in [6.45, 7) is 6.44. The van der Waals surface area contributed by atoms with E-state index in [9.17, 15) is 14.4 Å². The monoisotopic (exact) mass is 419 g/mol. The van der Waals surface area contributed by atoms with Crippen LogP contribution in [0.1, 0.15) is 54.5 Å². The Morgan fingerprint density at radius 3 is 2.65 bits per heavy atom. The van der Waals surface area contributed by atoms with E-state index in [1.165, 1.54) is 5.56 Å². The molecule has 0 aliphatic carbocycles. The van der Waals surface area contributed by atoms with Crippen LogP contribution in [0.2, 0.25) is 0 Å². The Labute approximate surface area is 183 Å². The van der Waals surface area contributed by atoms with Crippen LogP contribution in [0.3, 0.4) is 0 Å². The van der Waals surface area contributed by atoms with Crippen molar-refractivity contribution in [1.82, 2.24) is 5.32 Å². The zero-order valence-electron chi connectivity index (χ0n) is 18.3. The summed E-state index contributed by atoms with van der Waals surface area (Å²) in [5, 5.41) is 6.01. The van der Waals surface area contributed by atoms with Crippen LogP contribution in [0.4, 0.5) is 11.4 Å². The predicted molar refractivity (Wildman–Crippen MR) is 121 cm³/mol. The van der Waals surface area contributed by atoms with Crippen LogP contribution in [0.5, 0.6) is 0 Å². The molecular weight excluding hydrogens is 390 g/mol. The topological polar surface area (TPSA) is 78.5 Å².